The molecule has 4 nitrogen and oxygen atoms in total. The highest BCUT2D eigenvalue weighted by molar-refractivity contribution is 6.31. The first kappa shape index (κ1) is 18.7. The van der Waals surface area contributed by atoms with Gasteiger partial charge in [0.1, 0.15) is 5.82 Å². The Morgan fingerprint density at radius 3 is 2.24 bits per heavy atom. The van der Waals surface area contributed by atoms with E-state index in [9.17, 15) is 27.2 Å². The molecular weight excluding hydrogens is 364 g/mol. The predicted molar refractivity (Wildman–Crippen MR) is 83.8 cm³/mol. The maximum Gasteiger partial charge on any atom is 0.416 e. The molecule has 0 heterocycles. The van der Waals surface area contributed by atoms with Crippen molar-refractivity contribution in [1.82, 2.24) is 5.32 Å². The Labute approximate surface area is 144 Å². The lowest BCUT2D eigenvalue weighted by molar-refractivity contribution is -0.137. The van der Waals surface area contributed by atoms with Crippen molar-refractivity contribution in [3.8, 4) is 0 Å². The zero-order chi connectivity index (χ0) is 18.6. The van der Waals surface area contributed by atoms with Crippen LogP contribution in [0.4, 0.5) is 23.2 Å². The molecule has 0 aliphatic rings. The predicted octanol–water partition coefficient (Wildman–Crippen LogP) is 3.87. The van der Waals surface area contributed by atoms with Crippen LogP contribution in [0.15, 0.2) is 42.5 Å². The highest BCUT2D eigenvalue weighted by Gasteiger charge is 2.30. The van der Waals surface area contributed by atoms with Crippen LogP contribution < -0.4 is 10.6 Å². The SMILES string of the molecule is O=C(CNC(=O)c1ccc(C(F)(F)F)cc1)Nc1ccc(F)c(Cl)c1. The van der Waals surface area contributed by atoms with Crippen LogP contribution in [-0.2, 0) is 11.0 Å². The molecule has 0 aliphatic carbocycles. The minimum absolute atomic E-state index is 0.0226. The molecule has 2 amide bonds. The topological polar surface area (TPSA) is 58.2 Å². The maximum absolute atomic E-state index is 13.0. The van der Waals surface area contributed by atoms with E-state index >= 15 is 0 Å². The Morgan fingerprint density at radius 1 is 1.04 bits per heavy atom. The van der Waals surface area contributed by atoms with Gasteiger partial charge in [0.25, 0.3) is 5.91 Å². The van der Waals surface area contributed by atoms with Crippen LogP contribution >= 0.6 is 11.6 Å². The molecular formula is C16H11ClF4N2O2. The van der Waals surface area contributed by atoms with Gasteiger partial charge in [0.05, 0.1) is 17.1 Å². The molecule has 0 unspecified atom stereocenters. The van der Waals surface area contributed by atoms with E-state index in [-0.39, 0.29) is 16.3 Å². The highest BCUT2D eigenvalue weighted by Crippen LogP contribution is 2.29. The Bertz CT molecular complexity index is 792. The van der Waals surface area contributed by atoms with E-state index in [1.807, 2.05) is 0 Å². The molecule has 132 valence electrons. The maximum atomic E-state index is 13.0. The number of rotatable bonds is 4. The summed E-state index contributed by atoms with van der Waals surface area (Å²) in [4.78, 5) is 23.5. The minimum atomic E-state index is -4.49. The number of hydrogen-bond donors (Lipinski definition) is 2. The summed E-state index contributed by atoms with van der Waals surface area (Å²) in [6, 6.07) is 7.12. The van der Waals surface area contributed by atoms with Crippen LogP contribution in [-0.4, -0.2) is 18.4 Å². The Morgan fingerprint density at radius 2 is 1.68 bits per heavy atom. The molecule has 2 aromatic carbocycles. The van der Waals surface area contributed by atoms with Gasteiger partial charge in [-0.25, -0.2) is 4.39 Å². The van der Waals surface area contributed by atoms with Crippen LogP contribution in [0.3, 0.4) is 0 Å². The molecule has 0 saturated heterocycles. The monoisotopic (exact) mass is 374 g/mol. The third-order valence-corrected chi connectivity index (χ3v) is 3.38. The van der Waals surface area contributed by atoms with Gasteiger partial charge in [0, 0.05) is 11.3 Å². The average molecular weight is 375 g/mol. The first-order valence-electron chi connectivity index (χ1n) is 6.87. The number of carbonyl (C=O) groups is 2. The number of halogens is 5. The molecule has 0 spiro atoms. The number of anilines is 1. The van der Waals surface area contributed by atoms with E-state index in [0.29, 0.717) is 0 Å². The fourth-order valence-corrected chi connectivity index (χ4v) is 2.03. The van der Waals surface area contributed by atoms with Crippen molar-refractivity contribution in [3.63, 3.8) is 0 Å². The molecule has 0 bridgehead atoms. The molecule has 25 heavy (non-hydrogen) atoms. The number of benzene rings is 2. The van der Waals surface area contributed by atoms with Crippen LogP contribution in [0.2, 0.25) is 5.02 Å². The summed E-state index contributed by atoms with van der Waals surface area (Å²) in [5.41, 5.74) is -0.666. The van der Waals surface area contributed by atoms with E-state index in [1.54, 1.807) is 0 Å². The molecule has 0 atom stereocenters. The molecule has 0 radical (unpaired) electrons. The van der Waals surface area contributed by atoms with Crippen molar-refractivity contribution in [2.45, 2.75) is 6.18 Å². The molecule has 2 aromatic rings. The molecule has 9 heteroatoms. The van der Waals surface area contributed by atoms with Gasteiger partial charge in [-0.05, 0) is 42.5 Å². The summed E-state index contributed by atoms with van der Waals surface area (Å²) in [5.74, 6) is -1.96. The van der Waals surface area contributed by atoms with Crippen molar-refractivity contribution in [2.24, 2.45) is 0 Å². The van der Waals surface area contributed by atoms with Crippen LogP contribution in [0.5, 0.6) is 0 Å². The van der Waals surface area contributed by atoms with Crippen LogP contribution in [0.25, 0.3) is 0 Å². The van der Waals surface area contributed by atoms with Crippen molar-refractivity contribution >= 4 is 29.1 Å². The lowest BCUT2D eigenvalue weighted by atomic mass is 10.1. The Hall–Kier alpha value is -2.61. The number of alkyl halides is 3. The summed E-state index contributed by atoms with van der Waals surface area (Å²) in [6.45, 7) is -0.422. The van der Waals surface area contributed by atoms with Crippen molar-refractivity contribution in [2.75, 3.05) is 11.9 Å². The van der Waals surface area contributed by atoms with E-state index in [2.05, 4.69) is 10.6 Å². The van der Waals surface area contributed by atoms with E-state index < -0.39 is 35.9 Å². The Balaban J connectivity index is 1.90. The van der Waals surface area contributed by atoms with Gasteiger partial charge in [0.2, 0.25) is 5.91 Å². The van der Waals surface area contributed by atoms with Gasteiger partial charge in [-0.15, -0.1) is 0 Å². The fraction of sp³-hybridized carbons (Fsp3) is 0.125. The van der Waals surface area contributed by atoms with Gasteiger partial charge < -0.3 is 10.6 Å². The van der Waals surface area contributed by atoms with Crippen molar-refractivity contribution in [1.29, 1.82) is 0 Å². The molecule has 0 fully saturated rings. The van der Waals surface area contributed by atoms with Crippen molar-refractivity contribution < 1.29 is 27.2 Å². The van der Waals surface area contributed by atoms with Crippen LogP contribution in [0.1, 0.15) is 15.9 Å². The second kappa shape index (κ2) is 7.52. The third kappa shape index (κ3) is 5.18. The Kier molecular flexibility index (Phi) is 5.63. The van der Waals surface area contributed by atoms with Gasteiger partial charge in [0.15, 0.2) is 0 Å². The molecule has 2 rings (SSSR count). The third-order valence-electron chi connectivity index (χ3n) is 3.09. The normalized spacial score (nSPS) is 11.1. The number of nitrogens with one attached hydrogen (secondary N) is 2. The summed E-state index contributed by atoms with van der Waals surface area (Å²) in [5, 5.41) is 4.48. The zero-order valence-corrected chi connectivity index (χ0v) is 13.2. The van der Waals surface area contributed by atoms with E-state index in [1.165, 1.54) is 12.1 Å². The number of carbonyl (C=O) groups excluding carboxylic acids is 2. The second-order valence-corrected chi connectivity index (χ2v) is 5.34. The first-order valence-corrected chi connectivity index (χ1v) is 7.25. The van der Waals surface area contributed by atoms with Gasteiger partial charge >= 0.3 is 6.18 Å². The van der Waals surface area contributed by atoms with Gasteiger partial charge in [-0.2, -0.15) is 13.2 Å². The van der Waals surface area contributed by atoms with Gasteiger partial charge in [-0.1, -0.05) is 11.6 Å². The fourth-order valence-electron chi connectivity index (χ4n) is 1.85. The quantitative estimate of drug-likeness (QED) is 0.798. The summed E-state index contributed by atoms with van der Waals surface area (Å²) < 4.78 is 50.4. The smallest absolute Gasteiger partial charge is 0.343 e. The highest BCUT2D eigenvalue weighted by atomic mass is 35.5. The minimum Gasteiger partial charge on any atom is -0.343 e. The molecule has 0 aliphatic heterocycles. The number of hydrogen-bond acceptors (Lipinski definition) is 2. The summed E-state index contributed by atoms with van der Waals surface area (Å²) in [6.07, 6.45) is -4.49. The standard InChI is InChI=1S/C16H11ClF4N2O2/c17-12-7-11(5-6-13(12)18)23-14(24)8-22-15(25)9-1-3-10(4-2-9)16(19,20)21/h1-7H,8H2,(H,22,25)(H,23,24). The zero-order valence-electron chi connectivity index (χ0n) is 12.5. The van der Waals surface area contributed by atoms with Gasteiger partial charge in [-0.3, -0.25) is 9.59 Å². The first-order chi connectivity index (χ1) is 11.7. The second-order valence-electron chi connectivity index (χ2n) is 4.93. The average Bonchev–Trinajstić information content (AvgIpc) is 2.55. The molecule has 2 N–H and O–H groups in total. The lowest BCUT2D eigenvalue weighted by Gasteiger charge is -2.09. The lowest BCUT2D eigenvalue weighted by Crippen LogP contribution is -2.32. The molecule has 0 aromatic heterocycles. The largest absolute Gasteiger partial charge is 0.416 e. The molecule has 0 saturated carbocycles. The van der Waals surface area contributed by atoms with E-state index in [0.717, 1.165) is 30.3 Å². The number of amides is 2. The summed E-state index contributed by atoms with van der Waals surface area (Å²) >= 11 is 5.57. The van der Waals surface area contributed by atoms with Crippen molar-refractivity contribution in [3.05, 3.63) is 64.4 Å². The van der Waals surface area contributed by atoms with Crippen LogP contribution in [0, 0.1) is 5.82 Å². The van der Waals surface area contributed by atoms with E-state index in [4.69, 9.17) is 11.6 Å². The summed E-state index contributed by atoms with van der Waals surface area (Å²) in [7, 11) is 0.